The van der Waals surface area contributed by atoms with Gasteiger partial charge in [-0.15, -0.1) is 0 Å². The van der Waals surface area contributed by atoms with Gasteiger partial charge in [-0.2, -0.15) is 0 Å². The van der Waals surface area contributed by atoms with Crippen molar-refractivity contribution in [3.05, 3.63) is 22.8 Å². The van der Waals surface area contributed by atoms with E-state index >= 15 is 0 Å². The van der Waals surface area contributed by atoms with E-state index in [0.717, 1.165) is 6.92 Å². The van der Waals surface area contributed by atoms with Crippen LogP contribution < -0.4 is 0 Å². The topological polar surface area (TPSA) is 146 Å². The van der Waals surface area contributed by atoms with E-state index in [2.05, 4.69) is 0 Å². The molecule has 2 N–H and O–H groups in total. The number of hydrogen-bond acceptors (Lipinski definition) is 10. The van der Waals surface area contributed by atoms with Crippen LogP contribution in [0.4, 0.5) is 0 Å². The van der Waals surface area contributed by atoms with Gasteiger partial charge in [0.05, 0.1) is 5.57 Å². The highest BCUT2D eigenvalue weighted by Crippen LogP contribution is 2.61. The normalized spacial score (nSPS) is 37.4. The quantitative estimate of drug-likeness (QED) is 0.335. The van der Waals surface area contributed by atoms with E-state index in [4.69, 9.17) is 18.9 Å². The van der Waals surface area contributed by atoms with Crippen LogP contribution in [0.25, 0.3) is 0 Å². The summed E-state index contributed by atoms with van der Waals surface area (Å²) < 4.78 is 22.2. The Kier molecular flexibility index (Phi) is 6.71. The van der Waals surface area contributed by atoms with Crippen LogP contribution in [0.2, 0.25) is 0 Å². The van der Waals surface area contributed by atoms with Gasteiger partial charge < -0.3 is 29.2 Å². The molecule has 6 atom stereocenters. The van der Waals surface area contributed by atoms with Crippen LogP contribution >= 0.6 is 0 Å². The third-order valence-electron chi connectivity index (χ3n) is 7.23. The van der Waals surface area contributed by atoms with E-state index in [1.807, 2.05) is 0 Å². The summed E-state index contributed by atoms with van der Waals surface area (Å²) in [6.07, 6.45) is -0.798. The number of aliphatic hydroxyl groups is 2. The number of carbonyl (C=O) groups is 4. The van der Waals surface area contributed by atoms with Crippen LogP contribution in [0.5, 0.6) is 0 Å². The van der Waals surface area contributed by atoms with Gasteiger partial charge in [0.2, 0.25) is 5.60 Å². The van der Waals surface area contributed by atoms with Crippen LogP contribution in [0, 0.1) is 5.92 Å². The summed E-state index contributed by atoms with van der Waals surface area (Å²) in [5.41, 5.74) is -5.24. The standard InChI is InChI=1S/C24H32O10/c1-7-12(2)19(27)33-17-10-13(3)23(30)9-8-22(6,29)21(32-15(5)26)24(23)18(17)16(20(28)34-24)11-31-14(4)25/h7,13,17,21,29-30H,8-11H2,1-6H3/b12-7+/t13-,17+,21-,22-,23-,24-/m1/s1. The molecule has 3 rings (SSSR count). The number of ether oxygens (including phenoxy) is 4. The Morgan fingerprint density at radius 2 is 1.76 bits per heavy atom. The van der Waals surface area contributed by atoms with Crippen LogP contribution in [0.1, 0.15) is 60.8 Å². The Hall–Kier alpha value is -2.72. The summed E-state index contributed by atoms with van der Waals surface area (Å²) in [6, 6.07) is 0. The number of hydrogen-bond donors (Lipinski definition) is 2. The highest BCUT2D eigenvalue weighted by molar-refractivity contribution is 5.95. The predicted octanol–water partition coefficient (Wildman–Crippen LogP) is 1.27. The predicted molar refractivity (Wildman–Crippen MR) is 116 cm³/mol. The minimum Gasteiger partial charge on any atom is -0.461 e. The van der Waals surface area contributed by atoms with Crippen molar-refractivity contribution in [2.75, 3.05) is 6.61 Å². The Morgan fingerprint density at radius 3 is 2.32 bits per heavy atom. The first-order chi connectivity index (χ1) is 15.7. The van der Waals surface area contributed by atoms with E-state index in [0.29, 0.717) is 5.57 Å². The Morgan fingerprint density at radius 1 is 1.12 bits per heavy atom. The first-order valence-corrected chi connectivity index (χ1v) is 11.3. The highest BCUT2D eigenvalue weighted by Gasteiger charge is 2.76. The number of allylic oxidation sites excluding steroid dienone is 1. The summed E-state index contributed by atoms with van der Waals surface area (Å²) in [4.78, 5) is 49.4. The molecule has 0 aromatic rings. The average molecular weight is 481 g/mol. The lowest BCUT2D eigenvalue weighted by molar-refractivity contribution is -0.291. The highest BCUT2D eigenvalue weighted by atomic mass is 16.6. The second kappa shape index (κ2) is 8.81. The first-order valence-electron chi connectivity index (χ1n) is 11.3. The van der Waals surface area contributed by atoms with Crippen molar-refractivity contribution in [3.63, 3.8) is 0 Å². The summed E-state index contributed by atoms with van der Waals surface area (Å²) in [7, 11) is 0. The fourth-order valence-corrected chi connectivity index (χ4v) is 5.35. The lowest BCUT2D eigenvalue weighted by Gasteiger charge is -2.61. The van der Waals surface area contributed by atoms with E-state index in [1.54, 1.807) is 26.8 Å². The molecule has 1 spiro atoms. The maximum absolute atomic E-state index is 13.2. The lowest BCUT2D eigenvalue weighted by atomic mass is 9.52. The SMILES string of the molecule is C/C=C(\C)C(=O)O[C@H]1C[C@@H](C)[C@]2(O)CC[C@@](C)(O)[C@@H](OC(C)=O)[C@@]23OC(=O)C(COC(C)=O)=C13. The maximum Gasteiger partial charge on any atom is 0.338 e. The zero-order valence-electron chi connectivity index (χ0n) is 20.3. The Labute approximate surface area is 197 Å². The summed E-state index contributed by atoms with van der Waals surface area (Å²) >= 11 is 0. The molecular formula is C24H32O10. The molecule has 0 bridgehead atoms. The molecule has 10 heteroatoms. The number of carbonyl (C=O) groups excluding carboxylic acids is 4. The van der Waals surface area contributed by atoms with Crippen molar-refractivity contribution in [2.45, 2.75) is 89.8 Å². The molecule has 1 heterocycles. The second-order valence-corrected chi connectivity index (χ2v) is 9.57. The molecule has 10 nitrogen and oxygen atoms in total. The minimum absolute atomic E-state index is 0.0190. The van der Waals surface area contributed by atoms with Gasteiger partial charge in [-0.25, -0.2) is 9.59 Å². The lowest BCUT2D eigenvalue weighted by Crippen LogP contribution is -2.77. The van der Waals surface area contributed by atoms with Gasteiger partial charge in [0, 0.05) is 25.0 Å². The monoisotopic (exact) mass is 480 g/mol. The molecular weight excluding hydrogens is 448 g/mol. The average Bonchev–Trinajstić information content (AvgIpc) is 3.04. The maximum atomic E-state index is 13.2. The van der Waals surface area contributed by atoms with E-state index in [-0.39, 0.29) is 30.4 Å². The molecule has 0 saturated heterocycles. The summed E-state index contributed by atoms with van der Waals surface area (Å²) in [5, 5.41) is 23.2. The van der Waals surface area contributed by atoms with Crippen molar-refractivity contribution in [3.8, 4) is 0 Å². The molecule has 34 heavy (non-hydrogen) atoms. The fourth-order valence-electron chi connectivity index (χ4n) is 5.35. The molecule has 2 saturated carbocycles. The van der Waals surface area contributed by atoms with Gasteiger partial charge in [0.15, 0.2) is 6.10 Å². The molecule has 2 fully saturated rings. The van der Waals surface area contributed by atoms with Gasteiger partial charge >= 0.3 is 23.9 Å². The Balaban J connectivity index is 2.28. The van der Waals surface area contributed by atoms with Crippen molar-refractivity contribution >= 4 is 23.9 Å². The first kappa shape index (κ1) is 25.9. The Bertz CT molecular complexity index is 976. The third-order valence-corrected chi connectivity index (χ3v) is 7.23. The molecule has 0 aromatic carbocycles. The second-order valence-electron chi connectivity index (χ2n) is 9.57. The zero-order valence-corrected chi connectivity index (χ0v) is 20.3. The molecule has 0 aromatic heterocycles. The van der Waals surface area contributed by atoms with Crippen LogP contribution in [-0.2, 0) is 38.1 Å². The smallest absolute Gasteiger partial charge is 0.338 e. The van der Waals surface area contributed by atoms with Gasteiger partial charge in [-0.05, 0) is 46.0 Å². The molecule has 2 aliphatic carbocycles. The summed E-state index contributed by atoms with van der Waals surface area (Å²) in [5.74, 6) is -3.57. The molecule has 0 unspecified atom stereocenters. The zero-order chi connectivity index (χ0) is 25.6. The largest absolute Gasteiger partial charge is 0.461 e. The van der Waals surface area contributed by atoms with E-state index in [1.165, 1.54) is 13.8 Å². The summed E-state index contributed by atoms with van der Waals surface area (Å²) in [6.45, 7) is 8.18. The van der Waals surface area contributed by atoms with Gasteiger partial charge in [-0.1, -0.05) is 13.0 Å². The minimum atomic E-state index is -2.04. The number of rotatable bonds is 5. The molecule has 1 aliphatic heterocycles. The van der Waals surface area contributed by atoms with Crippen LogP contribution in [-0.4, -0.2) is 69.7 Å². The third kappa shape index (κ3) is 3.92. The molecule has 0 radical (unpaired) electrons. The number of esters is 4. The van der Waals surface area contributed by atoms with Gasteiger partial charge in [-0.3, -0.25) is 9.59 Å². The fraction of sp³-hybridized carbons (Fsp3) is 0.667. The van der Waals surface area contributed by atoms with Crippen LogP contribution in [0.15, 0.2) is 22.8 Å². The molecule has 3 aliphatic rings. The van der Waals surface area contributed by atoms with Gasteiger partial charge in [0.1, 0.15) is 23.9 Å². The van der Waals surface area contributed by atoms with Crippen molar-refractivity contribution in [1.29, 1.82) is 0 Å². The van der Waals surface area contributed by atoms with Crippen LogP contribution in [0.3, 0.4) is 0 Å². The molecule has 0 amide bonds. The van der Waals surface area contributed by atoms with E-state index < -0.39 is 65.4 Å². The van der Waals surface area contributed by atoms with Crippen molar-refractivity contribution in [2.24, 2.45) is 5.92 Å². The van der Waals surface area contributed by atoms with Gasteiger partial charge in [0.25, 0.3) is 0 Å². The van der Waals surface area contributed by atoms with Crippen molar-refractivity contribution < 1.29 is 48.3 Å². The van der Waals surface area contributed by atoms with Crippen molar-refractivity contribution in [1.82, 2.24) is 0 Å². The van der Waals surface area contributed by atoms with E-state index in [9.17, 15) is 29.4 Å². The molecule has 188 valence electrons.